The second kappa shape index (κ2) is 9.23. The Kier molecular flexibility index (Phi) is 9.29. The van der Waals surface area contributed by atoms with Gasteiger partial charge in [0.05, 0.1) is 18.4 Å². The zero-order valence-corrected chi connectivity index (χ0v) is 15.6. The normalized spacial score (nSPS) is 18.6. The van der Waals surface area contributed by atoms with Crippen molar-refractivity contribution in [3.63, 3.8) is 0 Å². The largest absolute Gasteiger partial charge is 0.331 e. The van der Waals surface area contributed by atoms with Crippen molar-refractivity contribution in [2.75, 3.05) is 6.16 Å². The quantitative estimate of drug-likeness (QED) is 0.483. The van der Waals surface area contributed by atoms with Crippen molar-refractivity contribution in [3.8, 4) is 0 Å². The zero-order valence-electron chi connectivity index (χ0n) is 14.7. The molecule has 0 fully saturated rings. The Hall–Kier alpha value is 0.150. The maximum Gasteiger partial charge on any atom is 0.331 e. The molecule has 0 heterocycles. The summed E-state index contributed by atoms with van der Waals surface area (Å²) in [5.74, 6) is 1.37. The fraction of sp³-hybridized carbons (Fsp3) is 1.00. The molecule has 0 aliphatic carbocycles. The SMILES string of the molecule is CC(C)CC(C)OP(=O)(CC(C)C)OC(C)CC(C)C. The molecular weight excluding hydrogens is 271 g/mol. The number of hydrogen-bond donors (Lipinski definition) is 0. The smallest absolute Gasteiger partial charge is 0.305 e. The highest BCUT2D eigenvalue weighted by atomic mass is 31.2. The van der Waals surface area contributed by atoms with Crippen molar-refractivity contribution in [1.82, 2.24) is 0 Å². The molecule has 122 valence electrons. The first-order valence-corrected chi connectivity index (χ1v) is 9.72. The van der Waals surface area contributed by atoms with Crippen molar-refractivity contribution in [3.05, 3.63) is 0 Å². The summed E-state index contributed by atoms with van der Waals surface area (Å²) in [7, 11) is -3.00. The summed E-state index contributed by atoms with van der Waals surface area (Å²) in [6.45, 7) is 16.7. The van der Waals surface area contributed by atoms with Crippen LogP contribution in [-0.4, -0.2) is 18.4 Å². The molecule has 0 N–H and O–H groups in total. The van der Waals surface area contributed by atoms with Gasteiger partial charge in [0.1, 0.15) is 0 Å². The lowest BCUT2D eigenvalue weighted by Crippen LogP contribution is -2.18. The zero-order chi connectivity index (χ0) is 15.9. The topological polar surface area (TPSA) is 35.5 Å². The van der Waals surface area contributed by atoms with Gasteiger partial charge < -0.3 is 9.05 Å². The summed E-state index contributed by atoms with van der Waals surface area (Å²) >= 11 is 0. The van der Waals surface area contributed by atoms with Gasteiger partial charge in [0.2, 0.25) is 0 Å². The molecule has 0 spiro atoms. The molecule has 0 saturated heterocycles. The van der Waals surface area contributed by atoms with Gasteiger partial charge in [-0.3, -0.25) is 4.57 Å². The second-order valence-electron chi connectivity index (χ2n) is 7.28. The molecule has 2 unspecified atom stereocenters. The van der Waals surface area contributed by atoms with Crippen LogP contribution in [0.5, 0.6) is 0 Å². The maximum absolute atomic E-state index is 13.0. The first-order chi connectivity index (χ1) is 9.04. The predicted octanol–water partition coefficient (Wildman–Crippen LogP) is 5.74. The van der Waals surface area contributed by atoms with E-state index in [1.165, 1.54) is 0 Å². The Morgan fingerprint density at radius 2 is 1.05 bits per heavy atom. The van der Waals surface area contributed by atoms with Crippen LogP contribution in [0.4, 0.5) is 0 Å². The standard InChI is InChI=1S/C16H35O3P/c1-12(2)9-15(7)18-20(17,11-14(5)6)19-16(8)10-13(3)4/h12-16H,9-11H2,1-8H3. The van der Waals surface area contributed by atoms with Crippen LogP contribution in [0.25, 0.3) is 0 Å². The molecule has 0 aromatic heterocycles. The third kappa shape index (κ3) is 9.96. The van der Waals surface area contributed by atoms with Crippen molar-refractivity contribution in [2.45, 2.75) is 80.4 Å². The number of rotatable bonds is 10. The molecule has 0 amide bonds. The molecule has 0 aliphatic rings. The van der Waals surface area contributed by atoms with Crippen molar-refractivity contribution >= 4 is 7.60 Å². The van der Waals surface area contributed by atoms with Crippen molar-refractivity contribution in [1.29, 1.82) is 0 Å². The van der Waals surface area contributed by atoms with Crippen LogP contribution in [-0.2, 0) is 13.6 Å². The van der Waals surface area contributed by atoms with E-state index in [2.05, 4.69) is 41.5 Å². The van der Waals surface area contributed by atoms with Gasteiger partial charge in [0.25, 0.3) is 0 Å². The Morgan fingerprint density at radius 1 is 0.700 bits per heavy atom. The average molecular weight is 306 g/mol. The summed E-state index contributed by atoms with van der Waals surface area (Å²) in [5.41, 5.74) is 0. The van der Waals surface area contributed by atoms with Crippen LogP contribution in [0.2, 0.25) is 0 Å². The molecular formula is C16H35O3P. The van der Waals surface area contributed by atoms with E-state index in [4.69, 9.17) is 9.05 Å². The van der Waals surface area contributed by atoms with Crippen LogP contribution in [0.1, 0.15) is 68.2 Å². The summed E-state index contributed by atoms with van der Waals surface area (Å²) in [5, 5.41) is 0. The van der Waals surface area contributed by atoms with Gasteiger partial charge in [-0.2, -0.15) is 0 Å². The maximum atomic E-state index is 13.0. The van der Waals surface area contributed by atoms with E-state index in [0.717, 1.165) is 12.8 Å². The van der Waals surface area contributed by atoms with Crippen LogP contribution >= 0.6 is 7.60 Å². The molecule has 0 aromatic carbocycles. The minimum Gasteiger partial charge on any atom is -0.305 e. The Bertz CT molecular complexity index is 278. The summed E-state index contributed by atoms with van der Waals surface area (Å²) in [6, 6.07) is 0. The summed E-state index contributed by atoms with van der Waals surface area (Å²) < 4.78 is 24.7. The van der Waals surface area contributed by atoms with Gasteiger partial charge in [-0.15, -0.1) is 0 Å². The summed E-state index contributed by atoms with van der Waals surface area (Å²) in [6.07, 6.45) is 2.27. The van der Waals surface area contributed by atoms with Gasteiger partial charge in [0.15, 0.2) is 0 Å². The molecule has 2 atom stereocenters. The molecule has 0 rings (SSSR count). The lowest BCUT2D eigenvalue weighted by molar-refractivity contribution is 0.107. The van der Waals surface area contributed by atoms with E-state index < -0.39 is 7.60 Å². The van der Waals surface area contributed by atoms with E-state index in [1.54, 1.807) is 0 Å². The van der Waals surface area contributed by atoms with Gasteiger partial charge in [0, 0.05) is 0 Å². The van der Waals surface area contributed by atoms with Gasteiger partial charge in [-0.25, -0.2) is 0 Å². The Balaban J connectivity index is 4.69. The van der Waals surface area contributed by atoms with E-state index >= 15 is 0 Å². The Labute approximate surface area is 126 Å². The van der Waals surface area contributed by atoms with Crippen LogP contribution in [0.15, 0.2) is 0 Å². The van der Waals surface area contributed by atoms with E-state index in [0.29, 0.717) is 23.9 Å². The Morgan fingerprint density at radius 3 is 1.30 bits per heavy atom. The minimum atomic E-state index is -3.00. The van der Waals surface area contributed by atoms with Crippen LogP contribution in [0, 0.1) is 17.8 Å². The second-order valence-corrected chi connectivity index (χ2v) is 9.29. The van der Waals surface area contributed by atoms with Gasteiger partial charge in [-0.05, 0) is 44.4 Å². The van der Waals surface area contributed by atoms with E-state index in [-0.39, 0.29) is 12.2 Å². The monoisotopic (exact) mass is 306 g/mol. The van der Waals surface area contributed by atoms with Gasteiger partial charge >= 0.3 is 7.60 Å². The predicted molar refractivity (Wildman–Crippen MR) is 87.3 cm³/mol. The lowest BCUT2D eigenvalue weighted by Gasteiger charge is -2.28. The van der Waals surface area contributed by atoms with E-state index in [9.17, 15) is 4.57 Å². The van der Waals surface area contributed by atoms with Crippen LogP contribution < -0.4 is 0 Å². The van der Waals surface area contributed by atoms with Gasteiger partial charge in [-0.1, -0.05) is 41.5 Å². The third-order valence-corrected chi connectivity index (χ3v) is 5.42. The molecule has 0 aliphatic heterocycles. The highest BCUT2D eigenvalue weighted by Gasteiger charge is 2.31. The van der Waals surface area contributed by atoms with Crippen molar-refractivity contribution in [2.24, 2.45) is 17.8 Å². The highest BCUT2D eigenvalue weighted by Crippen LogP contribution is 2.52. The molecule has 0 bridgehead atoms. The third-order valence-electron chi connectivity index (χ3n) is 2.88. The highest BCUT2D eigenvalue weighted by molar-refractivity contribution is 7.53. The van der Waals surface area contributed by atoms with Crippen molar-refractivity contribution < 1.29 is 13.6 Å². The molecule has 4 heteroatoms. The van der Waals surface area contributed by atoms with E-state index in [1.807, 2.05) is 13.8 Å². The minimum absolute atomic E-state index is 0.0224. The lowest BCUT2D eigenvalue weighted by atomic mass is 10.1. The average Bonchev–Trinajstić information content (AvgIpc) is 2.09. The molecule has 0 radical (unpaired) electrons. The fourth-order valence-corrected chi connectivity index (χ4v) is 4.91. The molecule has 3 nitrogen and oxygen atoms in total. The first-order valence-electron chi connectivity index (χ1n) is 8.00. The summed E-state index contributed by atoms with van der Waals surface area (Å²) in [4.78, 5) is 0. The fourth-order valence-electron chi connectivity index (χ4n) is 2.52. The molecule has 0 saturated carbocycles. The molecule has 20 heavy (non-hydrogen) atoms. The molecule has 0 aromatic rings. The number of hydrogen-bond acceptors (Lipinski definition) is 3. The van der Waals surface area contributed by atoms with Crippen LogP contribution in [0.3, 0.4) is 0 Å². The first kappa shape index (κ1) is 20.1.